The maximum absolute atomic E-state index is 8.61. The number of hydrogen-bond acceptors (Lipinski definition) is 1. The van der Waals surface area contributed by atoms with Gasteiger partial charge >= 0.3 is 5.96 Å². The van der Waals surface area contributed by atoms with Gasteiger partial charge in [0.1, 0.15) is 12.3 Å². The van der Waals surface area contributed by atoms with Crippen molar-refractivity contribution in [1.82, 2.24) is 0 Å². The molecule has 0 rings (SSSR count). The molecule has 0 aromatic heterocycles. The second-order valence-corrected chi connectivity index (χ2v) is 1.85. The van der Waals surface area contributed by atoms with E-state index >= 15 is 0 Å². The number of hydrogen-bond donors (Lipinski definition) is 3. The van der Waals surface area contributed by atoms with Gasteiger partial charge in [-0.1, -0.05) is 6.58 Å². The molecule has 0 atom stereocenters. The highest BCUT2D eigenvalue weighted by Crippen LogP contribution is 1.79. The quantitative estimate of drug-likeness (QED) is 0.194. The lowest BCUT2D eigenvalue weighted by molar-refractivity contribution is -0.494. The van der Waals surface area contributed by atoms with Crippen LogP contribution in [0.25, 0.3) is 0 Å². The van der Waals surface area contributed by atoms with Crippen molar-refractivity contribution in [1.29, 1.82) is 0 Å². The minimum absolute atomic E-state index is 0.0471. The minimum atomic E-state index is 0.0471. The van der Waals surface area contributed by atoms with Crippen LogP contribution in [0.2, 0.25) is 0 Å². The third-order valence-corrected chi connectivity index (χ3v) is 0.860. The van der Waals surface area contributed by atoms with Gasteiger partial charge in [0.05, 0.1) is 7.05 Å². The smallest absolute Gasteiger partial charge is 0.341 e. The molecule has 52 valence electrons. The summed E-state index contributed by atoms with van der Waals surface area (Å²) in [6.07, 6.45) is 0. The van der Waals surface area contributed by atoms with Crippen LogP contribution >= 0.6 is 0 Å². The Morgan fingerprint density at radius 2 is 2.11 bits per heavy atom. The van der Waals surface area contributed by atoms with Gasteiger partial charge in [-0.25, -0.2) is 0 Å². The van der Waals surface area contributed by atoms with E-state index in [2.05, 4.69) is 6.58 Å². The number of aliphatic hydroxyl groups is 1. The molecule has 0 aromatic carbocycles. The summed E-state index contributed by atoms with van der Waals surface area (Å²) in [6, 6.07) is 0. The lowest BCUT2D eigenvalue weighted by Gasteiger charge is -1.98. The fourth-order valence-electron chi connectivity index (χ4n) is 0.365. The predicted molar refractivity (Wildman–Crippen MR) is 36.2 cm³/mol. The molecule has 0 amide bonds. The van der Waals surface area contributed by atoms with Crippen molar-refractivity contribution in [3.8, 4) is 0 Å². The Bertz CT molecular complexity index is 146. The Morgan fingerprint density at radius 3 is 2.22 bits per heavy atom. The van der Waals surface area contributed by atoms with Crippen LogP contribution in [-0.2, 0) is 0 Å². The molecule has 0 unspecified atom stereocenters. The van der Waals surface area contributed by atoms with Crippen LogP contribution in [0.15, 0.2) is 12.3 Å². The summed E-state index contributed by atoms with van der Waals surface area (Å²) < 4.78 is 1.49. The van der Waals surface area contributed by atoms with Gasteiger partial charge in [0.25, 0.3) is 0 Å². The molecule has 9 heavy (non-hydrogen) atoms. The van der Waals surface area contributed by atoms with Crippen LogP contribution in [0.4, 0.5) is 0 Å². The molecule has 0 aliphatic heterocycles. The minimum Gasteiger partial charge on any atom is -0.510 e. The Morgan fingerprint density at radius 1 is 1.67 bits per heavy atom. The van der Waals surface area contributed by atoms with Crippen molar-refractivity contribution in [3.63, 3.8) is 0 Å². The lowest BCUT2D eigenvalue weighted by atomic mass is 10.5. The molecule has 0 bridgehead atoms. The molecule has 0 heterocycles. The van der Waals surface area contributed by atoms with Crippen molar-refractivity contribution >= 4 is 5.96 Å². The molecule has 0 spiro atoms. The van der Waals surface area contributed by atoms with Gasteiger partial charge < -0.3 is 5.11 Å². The summed E-state index contributed by atoms with van der Waals surface area (Å²) in [5, 5.41) is 8.61. The number of rotatable bonds is 2. The van der Waals surface area contributed by atoms with Gasteiger partial charge in [-0.05, 0) is 0 Å². The van der Waals surface area contributed by atoms with Crippen molar-refractivity contribution in [2.45, 2.75) is 0 Å². The normalized spacial score (nSPS) is 8.56. The Balaban J connectivity index is 3.92. The fourth-order valence-corrected chi connectivity index (χ4v) is 0.365. The highest BCUT2D eigenvalue weighted by atomic mass is 16.3. The molecular formula is C5H12N3O+. The van der Waals surface area contributed by atoms with Crippen LogP contribution in [0.1, 0.15) is 0 Å². The summed E-state index contributed by atoms with van der Waals surface area (Å²) in [4.78, 5) is 0. The molecule has 0 radical (unpaired) electrons. The first-order valence-corrected chi connectivity index (χ1v) is 2.50. The first-order valence-electron chi connectivity index (χ1n) is 2.50. The first-order chi connectivity index (χ1) is 4.04. The zero-order valence-corrected chi connectivity index (χ0v) is 5.46. The summed E-state index contributed by atoms with van der Waals surface area (Å²) in [5.74, 6) is 0.219. The Hall–Kier alpha value is -1.19. The monoisotopic (exact) mass is 130 g/mol. The average Bonchev–Trinajstić information content (AvgIpc) is 1.63. The first kappa shape index (κ1) is 7.81. The molecule has 0 fully saturated rings. The second-order valence-electron chi connectivity index (χ2n) is 1.85. The standard InChI is InChI=1S/C5H11N3O/c1-4(9)3-8(2)5(6)7/h1,3H2,2H3,(H4,6,7,9)/p+1. The molecule has 0 aliphatic carbocycles. The van der Waals surface area contributed by atoms with E-state index in [0.717, 1.165) is 0 Å². The van der Waals surface area contributed by atoms with E-state index < -0.39 is 0 Å². The highest BCUT2D eigenvalue weighted by Gasteiger charge is 1.96. The Kier molecular flexibility index (Phi) is 2.57. The van der Waals surface area contributed by atoms with Crippen LogP contribution in [-0.4, -0.2) is 29.2 Å². The topological polar surface area (TPSA) is 75.3 Å². The van der Waals surface area contributed by atoms with Crippen molar-refractivity contribution in [2.24, 2.45) is 11.5 Å². The molecule has 4 nitrogen and oxygen atoms in total. The van der Waals surface area contributed by atoms with Crippen LogP contribution in [0, 0.1) is 0 Å². The van der Waals surface area contributed by atoms with E-state index in [-0.39, 0.29) is 18.3 Å². The highest BCUT2D eigenvalue weighted by molar-refractivity contribution is 5.70. The van der Waals surface area contributed by atoms with Crippen molar-refractivity contribution in [3.05, 3.63) is 12.3 Å². The van der Waals surface area contributed by atoms with E-state index in [1.807, 2.05) is 0 Å². The molecule has 0 saturated carbocycles. The molecule has 0 aromatic rings. The van der Waals surface area contributed by atoms with E-state index in [1.165, 1.54) is 4.58 Å². The summed E-state index contributed by atoms with van der Waals surface area (Å²) in [5.41, 5.74) is 10.3. The SMILES string of the molecule is C=C(O)C[N+](C)=C(N)N. The van der Waals surface area contributed by atoms with Gasteiger partial charge in [0.15, 0.2) is 0 Å². The third kappa shape index (κ3) is 3.40. The number of guanidine groups is 1. The summed E-state index contributed by atoms with van der Waals surface area (Å²) in [6.45, 7) is 3.55. The molecule has 5 N–H and O–H groups in total. The van der Waals surface area contributed by atoms with Crippen LogP contribution in [0.5, 0.6) is 0 Å². The fraction of sp³-hybridized carbons (Fsp3) is 0.400. The molecule has 0 aliphatic rings. The summed E-state index contributed by atoms with van der Waals surface area (Å²) >= 11 is 0. The number of likely N-dealkylation sites (N-methyl/N-ethyl adjacent to an activating group) is 1. The summed E-state index contributed by atoms with van der Waals surface area (Å²) in [7, 11) is 1.66. The number of aliphatic hydroxyl groups excluding tert-OH is 1. The van der Waals surface area contributed by atoms with Crippen LogP contribution in [0.3, 0.4) is 0 Å². The maximum atomic E-state index is 8.61. The lowest BCUT2D eigenvalue weighted by Crippen LogP contribution is -2.34. The number of nitrogens with zero attached hydrogens (tertiary/aromatic N) is 1. The van der Waals surface area contributed by atoms with E-state index in [0.29, 0.717) is 0 Å². The largest absolute Gasteiger partial charge is 0.510 e. The zero-order chi connectivity index (χ0) is 7.44. The Labute approximate surface area is 54.1 Å². The van der Waals surface area contributed by atoms with Gasteiger partial charge in [-0.15, -0.1) is 0 Å². The average molecular weight is 130 g/mol. The van der Waals surface area contributed by atoms with Gasteiger partial charge in [0.2, 0.25) is 0 Å². The van der Waals surface area contributed by atoms with E-state index in [1.54, 1.807) is 7.05 Å². The molecule has 0 saturated heterocycles. The van der Waals surface area contributed by atoms with Crippen LogP contribution < -0.4 is 11.5 Å². The van der Waals surface area contributed by atoms with E-state index in [4.69, 9.17) is 16.6 Å². The predicted octanol–water partition coefficient (Wildman–Crippen LogP) is -1.03. The van der Waals surface area contributed by atoms with Gasteiger partial charge in [-0.2, -0.15) is 0 Å². The molecule has 4 heteroatoms. The maximum Gasteiger partial charge on any atom is 0.341 e. The van der Waals surface area contributed by atoms with Gasteiger partial charge in [0, 0.05) is 0 Å². The second kappa shape index (κ2) is 2.96. The van der Waals surface area contributed by atoms with Gasteiger partial charge in [-0.3, -0.25) is 16.0 Å². The van der Waals surface area contributed by atoms with Crippen molar-refractivity contribution < 1.29 is 9.68 Å². The van der Waals surface area contributed by atoms with Crippen molar-refractivity contribution in [2.75, 3.05) is 13.6 Å². The van der Waals surface area contributed by atoms with E-state index in [9.17, 15) is 0 Å². The number of nitrogens with two attached hydrogens (primary N) is 2. The molecular weight excluding hydrogens is 118 g/mol. The zero-order valence-electron chi connectivity index (χ0n) is 5.46. The third-order valence-electron chi connectivity index (χ3n) is 0.860.